The molecule has 0 bridgehead atoms. The van der Waals surface area contributed by atoms with Gasteiger partial charge in [0.15, 0.2) is 0 Å². The molecule has 1 aliphatic heterocycles. The van der Waals surface area contributed by atoms with Gasteiger partial charge in [-0.3, -0.25) is 4.90 Å². The first-order valence-electron chi connectivity index (χ1n) is 6.08. The quantitative estimate of drug-likeness (QED) is 0.780. The van der Waals surface area contributed by atoms with Crippen LogP contribution in [0.25, 0.3) is 0 Å². The van der Waals surface area contributed by atoms with Crippen LogP contribution in [0.3, 0.4) is 0 Å². The Morgan fingerprint density at radius 1 is 1.24 bits per heavy atom. The molecule has 1 aliphatic carbocycles. The highest BCUT2D eigenvalue weighted by Crippen LogP contribution is 2.39. The molecule has 1 saturated heterocycles. The molecule has 0 atom stereocenters. The number of phenolic OH excluding ortho intramolecular Hbond substituents is 1. The van der Waals surface area contributed by atoms with Gasteiger partial charge in [-0.1, -0.05) is 12.1 Å². The van der Waals surface area contributed by atoms with E-state index in [2.05, 4.69) is 5.32 Å². The van der Waals surface area contributed by atoms with Gasteiger partial charge in [-0.25, -0.2) is 4.79 Å². The van der Waals surface area contributed by atoms with E-state index < -0.39 is 0 Å². The molecule has 4 nitrogen and oxygen atoms in total. The fourth-order valence-corrected chi connectivity index (χ4v) is 2.68. The maximum atomic E-state index is 12.1. The Labute approximate surface area is 100 Å². The van der Waals surface area contributed by atoms with Crippen molar-refractivity contribution in [3.05, 3.63) is 24.3 Å². The summed E-state index contributed by atoms with van der Waals surface area (Å²) in [5.74, 6) is 0.159. The maximum Gasteiger partial charge on any atom is 0.322 e. The molecule has 1 saturated carbocycles. The molecule has 4 heteroatoms. The molecule has 2 fully saturated rings. The van der Waals surface area contributed by atoms with Gasteiger partial charge in [0.2, 0.25) is 0 Å². The van der Waals surface area contributed by atoms with Crippen molar-refractivity contribution in [3.8, 4) is 5.75 Å². The van der Waals surface area contributed by atoms with Crippen molar-refractivity contribution in [1.82, 2.24) is 5.32 Å². The van der Waals surface area contributed by atoms with Crippen molar-refractivity contribution in [2.45, 2.75) is 31.2 Å². The lowest BCUT2D eigenvalue weighted by atomic mass is 9.73. The molecule has 90 valence electrons. The van der Waals surface area contributed by atoms with E-state index in [1.54, 1.807) is 23.1 Å². The molecule has 0 aromatic heterocycles. The van der Waals surface area contributed by atoms with E-state index in [-0.39, 0.29) is 17.3 Å². The lowest BCUT2D eigenvalue weighted by molar-refractivity contribution is 0.157. The normalized spacial score (nSPS) is 22.1. The molecule has 1 heterocycles. The lowest BCUT2D eigenvalue weighted by Crippen LogP contribution is -2.63. The molecule has 1 aromatic carbocycles. The van der Waals surface area contributed by atoms with Gasteiger partial charge in [-0.05, 0) is 37.8 Å². The second-order valence-electron chi connectivity index (χ2n) is 4.95. The van der Waals surface area contributed by atoms with Gasteiger partial charge in [0.05, 0.1) is 5.69 Å². The van der Waals surface area contributed by atoms with Crippen LogP contribution >= 0.6 is 0 Å². The Hall–Kier alpha value is -1.71. The second-order valence-corrected chi connectivity index (χ2v) is 4.95. The van der Waals surface area contributed by atoms with Crippen LogP contribution in [-0.4, -0.2) is 23.2 Å². The predicted octanol–water partition coefficient (Wildman–Crippen LogP) is 2.23. The number of amides is 2. The van der Waals surface area contributed by atoms with Crippen molar-refractivity contribution < 1.29 is 9.90 Å². The van der Waals surface area contributed by atoms with Crippen molar-refractivity contribution in [2.75, 3.05) is 11.4 Å². The zero-order valence-electron chi connectivity index (χ0n) is 9.65. The number of hydrogen-bond acceptors (Lipinski definition) is 2. The predicted molar refractivity (Wildman–Crippen MR) is 65.2 cm³/mol. The van der Waals surface area contributed by atoms with Gasteiger partial charge in [0.25, 0.3) is 0 Å². The fraction of sp³-hybridized carbons (Fsp3) is 0.462. The van der Waals surface area contributed by atoms with Crippen molar-refractivity contribution in [1.29, 1.82) is 0 Å². The molecule has 0 radical (unpaired) electrons. The molecule has 2 N–H and O–H groups in total. The number of phenols is 1. The monoisotopic (exact) mass is 232 g/mol. The van der Waals surface area contributed by atoms with Crippen LogP contribution in [0.1, 0.15) is 25.7 Å². The Morgan fingerprint density at radius 3 is 2.59 bits per heavy atom. The fourth-order valence-electron chi connectivity index (χ4n) is 2.68. The number of carbonyl (C=O) groups is 1. The summed E-state index contributed by atoms with van der Waals surface area (Å²) in [7, 11) is 0. The van der Waals surface area contributed by atoms with Crippen LogP contribution in [-0.2, 0) is 0 Å². The number of urea groups is 1. The van der Waals surface area contributed by atoms with Gasteiger partial charge in [0.1, 0.15) is 5.75 Å². The van der Waals surface area contributed by atoms with Crippen LogP contribution in [0, 0.1) is 0 Å². The third-order valence-electron chi connectivity index (χ3n) is 3.91. The number of nitrogens with zero attached hydrogens (tertiary/aromatic N) is 1. The third kappa shape index (κ3) is 1.64. The highest BCUT2D eigenvalue weighted by Gasteiger charge is 2.43. The summed E-state index contributed by atoms with van der Waals surface area (Å²) in [5, 5.41) is 12.8. The van der Waals surface area contributed by atoms with E-state index in [9.17, 15) is 9.90 Å². The lowest BCUT2D eigenvalue weighted by Gasteiger charge is -2.48. The zero-order valence-corrected chi connectivity index (χ0v) is 9.65. The minimum absolute atomic E-state index is 0.0536. The first-order valence-corrected chi connectivity index (χ1v) is 6.08. The number of anilines is 1. The number of aromatic hydroxyl groups is 1. The first-order chi connectivity index (χ1) is 8.20. The summed E-state index contributed by atoms with van der Waals surface area (Å²) in [5.41, 5.74) is 0.650. The number of hydrogen-bond donors (Lipinski definition) is 2. The molecule has 2 aliphatic rings. The van der Waals surface area contributed by atoms with Crippen molar-refractivity contribution in [2.24, 2.45) is 0 Å². The van der Waals surface area contributed by atoms with Gasteiger partial charge >= 0.3 is 6.03 Å². The SMILES string of the molecule is O=C1NC2(CCC2)CCN1c1ccccc1O. The number of rotatable bonds is 1. The van der Waals surface area contributed by atoms with E-state index in [0.717, 1.165) is 19.3 Å². The van der Waals surface area contributed by atoms with Crippen molar-refractivity contribution >= 4 is 11.7 Å². The van der Waals surface area contributed by atoms with Crippen molar-refractivity contribution in [3.63, 3.8) is 0 Å². The molecule has 17 heavy (non-hydrogen) atoms. The van der Waals surface area contributed by atoms with Crippen LogP contribution in [0.2, 0.25) is 0 Å². The average molecular weight is 232 g/mol. The average Bonchev–Trinajstić information content (AvgIpc) is 2.28. The van der Waals surface area contributed by atoms with E-state index in [4.69, 9.17) is 0 Å². The summed E-state index contributed by atoms with van der Waals surface area (Å²) in [4.78, 5) is 13.7. The summed E-state index contributed by atoms with van der Waals surface area (Å²) < 4.78 is 0. The van der Waals surface area contributed by atoms with E-state index in [1.807, 2.05) is 6.07 Å². The molecular formula is C13H16N2O2. The van der Waals surface area contributed by atoms with Gasteiger partial charge in [0, 0.05) is 12.1 Å². The Bertz CT molecular complexity index is 454. The third-order valence-corrected chi connectivity index (χ3v) is 3.91. The summed E-state index contributed by atoms with van der Waals surface area (Å²) in [6.45, 7) is 0.684. The number of nitrogens with one attached hydrogen (secondary N) is 1. The van der Waals surface area contributed by atoms with Crippen LogP contribution in [0.15, 0.2) is 24.3 Å². The molecular weight excluding hydrogens is 216 g/mol. The van der Waals surface area contributed by atoms with E-state index >= 15 is 0 Å². The second kappa shape index (κ2) is 3.65. The van der Waals surface area contributed by atoms with Crippen LogP contribution in [0.4, 0.5) is 10.5 Å². The summed E-state index contributed by atoms with van der Waals surface area (Å²) in [6, 6.07) is 6.88. The highest BCUT2D eigenvalue weighted by molar-refractivity contribution is 5.94. The summed E-state index contributed by atoms with van der Waals surface area (Å²) in [6.07, 6.45) is 4.35. The summed E-state index contributed by atoms with van der Waals surface area (Å²) >= 11 is 0. The molecule has 1 aromatic rings. The number of para-hydroxylation sites is 2. The molecule has 3 rings (SSSR count). The van der Waals surface area contributed by atoms with Crippen LogP contribution < -0.4 is 10.2 Å². The number of benzene rings is 1. The standard InChI is InChI=1S/C13H16N2O2/c16-11-5-2-1-4-10(11)15-9-8-13(6-3-7-13)14-12(15)17/h1-2,4-5,16H,3,6-9H2,(H,14,17). The zero-order chi connectivity index (χ0) is 11.9. The number of carbonyl (C=O) groups excluding carboxylic acids is 1. The molecule has 2 amide bonds. The molecule has 0 unspecified atom stereocenters. The van der Waals surface area contributed by atoms with Gasteiger partial charge in [-0.2, -0.15) is 0 Å². The van der Waals surface area contributed by atoms with Gasteiger partial charge in [-0.15, -0.1) is 0 Å². The minimum Gasteiger partial charge on any atom is -0.506 e. The minimum atomic E-state index is -0.0857. The Morgan fingerprint density at radius 2 is 2.00 bits per heavy atom. The maximum absolute atomic E-state index is 12.1. The first kappa shape index (κ1) is 10.4. The van der Waals surface area contributed by atoms with E-state index in [0.29, 0.717) is 12.2 Å². The Kier molecular flexibility index (Phi) is 2.24. The van der Waals surface area contributed by atoms with Gasteiger partial charge < -0.3 is 10.4 Å². The smallest absolute Gasteiger partial charge is 0.322 e. The highest BCUT2D eigenvalue weighted by atomic mass is 16.3. The van der Waals surface area contributed by atoms with E-state index in [1.165, 1.54) is 6.42 Å². The largest absolute Gasteiger partial charge is 0.506 e. The molecule has 1 spiro atoms. The Balaban J connectivity index is 1.82. The topological polar surface area (TPSA) is 52.6 Å². The van der Waals surface area contributed by atoms with Crippen LogP contribution in [0.5, 0.6) is 5.75 Å².